The van der Waals surface area contributed by atoms with Crippen LogP contribution in [0.5, 0.6) is 0 Å². The predicted octanol–water partition coefficient (Wildman–Crippen LogP) is 3.07. The number of hydrogen-bond donors (Lipinski definition) is 1. The first kappa shape index (κ1) is 14.9. The Hall–Kier alpha value is -2.51. The Morgan fingerprint density at radius 3 is 2.57 bits per heavy atom. The predicted molar refractivity (Wildman–Crippen MR) is 82.8 cm³/mol. The minimum Gasteiger partial charge on any atom is -0.399 e. The summed E-state index contributed by atoms with van der Waals surface area (Å²) in [6, 6.07) is 14.0. The summed E-state index contributed by atoms with van der Waals surface area (Å²) < 4.78 is 0. The van der Waals surface area contributed by atoms with Crippen LogP contribution in [-0.2, 0) is 6.54 Å². The summed E-state index contributed by atoms with van der Waals surface area (Å²) in [4.78, 5) is 13.9. The van der Waals surface area contributed by atoms with E-state index in [2.05, 4.69) is 6.07 Å². The number of benzene rings is 2. The van der Waals surface area contributed by atoms with Crippen molar-refractivity contribution in [3.05, 3.63) is 64.2 Å². The molecule has 2 N–H and O–H groups in total. The van der Waals surface area contributed by atoms with Crippen LogP contribution in [0.2, 0.25) is 5.02 Å². The standard InChI is InChI=1S/C16H14ClN3O/c1-20(10-12-4-2-11(9-18)3-5-12)16(21)14-8-13(19)6-7-15(14)17/h2-8H,10,19H2,1H3. The zero-order chi connectivity index (χ0) is 15.4. The summed E-state index contributed by atoms with van der Waals surface area (Å²) in [5.41, 5.74) is 8.09. The molecule has 21 heavy (non-hydrogen) atoms. The SMILES string of the molecule is CN(Cc1ccc(C#N)cc1)C(=O)c1cc(N)ccc1Cl. The van der Waals surface area contributed by atoms with Gasteiger partial charge in [-0.3, -0.25) is 4.79 Å². The lowest BCUT2D eigenvalue weighted by Crippen LogP contribution is -2.26. The molecule has 0 spiro atoms. The fourth-order valence-electron chi connectivity index (χ4n) is 1.94. The van der Waals surface area contributed by atoms with Crippen molar-refractivity contribution in [2.45, 2.75) is 6.54 Å². The Kier molecular flexibility index (Phi) is 4.46. The number of nitrogens with two attached hydrogens (primary N) is 1. The maximum absolute atomic E-state index is 12.4. The van der Waals surface area contributed by atoms with Crippen molar-refractivity contribution >= 4 is 23.2 Å². The molecule has 2 rings (SSSR count). The van der Waals surface area contributed by atoms with E-state index in [0.717, 1.165) is 5.56 Å². The largest absolute Gasteiger partial charge is 0.399 e. The van der Waals surface area contributed by atoms with Gasteiger partial charge in [-0.1, -0.05) is 23.7 Å². The summed E-state index contributed by atoms with van der Waals surface area (Å²) in [6.07, 6.45) is 0. The summed E-state index contributed by atoms with van der Waals surface area (Å²) in [5.74, 6) is -0.198. The molecule has 4 nitrogen and oxygen atoms in total. The molecular weight excluding hydrogens is 286 g/mol. The minimum atomic E-state index is -0.198. The highest BCUT2D eigenvalue weighted by molar-refractivity contribution is 6.33. The molecule has 1 amide bonds. The minimum absolute atomic E-state index is 0.198. The van der Waals surface area contributed by atoms with Crippen LogP contribution in [0.15, 0.2) is 42.5 Å². The Labute approximate surface area is 128 Å². The lowest BCUT2D eigenvalue weighted by molar-refractivity contribution is 0.0785. The summed E-state index contributed by atoms with van der Waals surface area (Å²) in [6.45, 7) is 0.426. The molecule has 5 heteroatoms. The Balaban J connectivity index is 2.15. The van der Waals surface area contributed by atoms with Crippen LogP contribution in [0.1, 0.15) is 21.5 Å². The number of carbonyl (C=O) groups excluding carboxylic acids is 1. The van der Waals surface area contributed by atoms with E-state index in [-0.39, 0.29) is 5.91 Å². The highest BCUT2D eigenvalue weighted by Gasteiger charge is 2.15. The summed E-state index contributed by atoms with van der Waals surface area (Å²) in [5, 5.41) is 9.14. The third kappa shape index (κ3) is 3.53. The van der Waals surface area contributed by atoms with Crippen molar-refractivity contribution in [1.29, 1.82) is 5.26 Å². The molecule has 0 aliphatic rings. The molecule has 0 unspecified atom stereocenters. The first-order valence-electron chi connectivity index (χ1n) is 6.31. The van der Waals surface area contributed by atoms with Crippen molar-refractivity contribution in [3.8, 4) is 6.07 Å². The number of carbonyl (C=O) groups is 1. The second-order valence-electron chi connectivity index (χ2n) is 4.71. The highest BCUT2D eigenvalue weighted by atomic mass is 35.5. The average Bonchev–Trinajstić information content (AvgIpc) is 2.49. The third-order valence-electron chi connectivity index (χ3n) is 3.07. The number of anilines is 1. The molecule has 0 aliphatic carbocycles. The molecule has 0 aromatic heterocycles. The van der Waals surface area contributed by atoms with Crippen molar-refractivity contribution in [3.63, 3.8) is 0 Å². The van der Waals surface area contributed by atoms with E-state index in [1.807, 2.05) is 12.1 Å². The second-order valence-corrected chi connectivity index (χ2v) is 5.12. The van der Waals surface area contributed by atoms with Crippen LogP contribution < -0.4 is 5.73 Å². The Morgan fingerprint density at radius 1 is 1.29 bits per heavy atom. The van der Waals surface area contributed by atoms with Gasteiger partial charge in [0.1, 0.15) is 0 Å². The van der Waals surface area contributed by atoms with Crippen molar-refractivity contribution in [2.75, 3.05) is 12.8 Å². The van der Waals surface area contributed by atoms with Gasteiger partial charge in [-0.15, -0.1) is 0 Å². The average molecular weight is 300 g/mol. The highest BCUT2D eigenvalue weighted by Crippen LogP contribution is 2.21. The van der Waals surface area contributed by atoms with E-state index in [0.29, 0.717) is 28.4 Å². The van der Waals surface area contributed by atoms with Gasteiger partial charge in [-0.05, 0) is 35.9 Å². The number of nitrogen functional groups attached to an aromatic ring is 1. The van der Waals surface area contributed by atoms with E-state index in [9.17, 15) is 4.79 Å². The number of halogens is 1. The zero-order valence-corrected chi connectivity index (χ0v) is 12.3. The van der Waals surface area contributed by atoms with Gasteiger partial charge in [-0.2, -0.15) is 5.26 Å². The molecule has 0 heterocycles. The summed E-state index contributed by atoms with van der Waals surface area (Å²) >= 11 is 6.04. The zero-order valence-electron chi connectivity index (χ0n) is 11.5. The van der Waals surface area contributed by atoms with E-state index in [4.69, 9.17) is 22.6 Å². The molecule has 0 aliphatic heterocycles. The molecule has 0 fully saturated rings. The van der Waals surface area contributed by atoms with E-state index in [1.165, 1.54) is 0 Å². The summed E-state index contributed by atoms with van der Waals surface area (Å²) in [7, 11) is 1.69. The molecule has 2 aromatic carbocycles. The normalized spacial score (nSPS) is 9.95. The van der Waals surface area contributed by atoms with Gasteiger partial charge < -0.3 is 10.6 Å². The van der Waals surface area contributed by atoms with Crippen LogP contribution >= 0.6 is 11.6 Å². The van der Waals surface area contributed by atoms with Crippen LogP contribution in [0.4, 0.5) is 5.69 Å². The van der Waals surface area contributed by atoms with Crippen LogP contribution in [-0.4, -0.2) is 17.9 Å². The Morgan fingerprint density at radius 2 is 1.95 bits per heavy atom. The maximum atomic E-state index is 12.4. The monoisotopic (exact) mass is 299 g/mol. The van der Waals surface area contributed by atoms with Crippen LogP contribution in [0.3, 0.4) is 0 Å². The smallest absolute Gasteiger partial charge is 0.255 e. The number of nitrogens with zero attached hydrogens (tertiary/aromatic N) is 2. The fourth-order valence-corrected chi connectivity index (χ4v) is 2.14. The number of amides is 1. The van der Waals surface area contributed by atoms with Gasteiger partial charge in [0.05, 0.1) is 22.2 Å². The molecule has 2 aromatic rings. The van der Waals surface area contributed by atoms with Crippen molar-refractivity contribution < 1.29 is 4.79 Å². The first-order chi connectivity index (χ1) is 10.0. The molecule has 106 valence electrons. The van der Waals surface area contributed by atoms with Crippen LogP contribution in [0, 0.1) is 11.3 Å². The van der Waals surface area contributed by atoms with E-state index < -0.39 is 0 Å². The molecule has 0 atom stereocenters. The quantitative estimate of drug-likeness (QED) is 0.885. The van der Waals surface area contributed by atoms with E-state index in [1.54, 1.807) is 42.3 Å². The molecular formula is C16H14ClN3O. The molecule has 0 bridgehead atoms. The van der Waals surface area contributed by atoms with Gasteiger partial charge in [0.2, 0.25) is 0 Å². The molecule has 0 radical (unpaired) electrons. The van der Waals surface area contributed by atoms with Gasteiger partial charge in [0.25, 0.3) is 5.91 Å². The van der Waals surface area contributed by atoms with Crippen molar-refractivity contribution in [2.24, 2.45) is 0 Å². The van der Waals surface area contributed by atoms with Gasteiger partial charge >= 0.3 is 0 Å². The third-order valence-corrected chi connectivity index (χ3v) is 3.40. The van der Waals surface area contributed by atoms with Crippen LogP contribution in [0.25, 0.3) is 0 Å². The fraction of sp³-hybridized carbons (Fsp3) is 0.125. The van der Waals surface area contributed by atoms with Gasteiger partial charge in [0.15, 0.2) is 0 Å². The lowest BCUT2D eigenvalue weighted by Gasteiger charge is -2.18. The first-order valence-corrected chi connectivity index (χ1v) is 6.68. The maximum Gasteiger partial charge on any atom is 0.255 e. The topological polar surface area (TPSA) is 70.1 Å². The van der Waals surface area contributed by atoms with Gasteiger partial charge in [0, 0.05) is 19.3 Å². The number of hydrogen-bond acceptors (Lipinski definition) is 3. The Bertz CT molecular complexity index is 704. The molecule has 0 saturated carbocycles. The van der Waals surface area contributed by atoms with Crippen molar-refractivity contribution in [1.82, 2.24) is 4.90 Å². The van der Waals surface area contributed by atoms with E-state index >= 15 is 0 Å². The number of nitriles is 1. The van der Waals surface area contributed by atoms with Gasteiger partial charge in [-0.25, -0.2) is 0 Å². The number of rotatable bonds is 3. The molecule has 0 saturated heterocycles. The second kappa shape index (κ2) is 6.29. The lowest BCUT2D eigenvalue weighted by atomic mass is 10.1.